The van der Waals surface area contributed by atoms with Crippen LogP contribution in [0.4, 0.5) is 5.69 Å². The summed E-state index contributed by atoms with van der Waals surface area (Å²) in [6.07, 6.45) is 3.80. The van der Waals surface area contributed by atoms with Crippen LogP contribution >= 0.6 is 0 Å². The molecule has 2 N–H and O–H groups in total. The Kier molecular flexibility index (Phi) is 5.21. The molecule has 1 amide bonds. The van der Waals surface area contributed by atoms with Gasteiger partial charge in [0, 0.05) is 24.0 Å². The Morgan fingerprint density at radius 3 is 2.50 bits per heavy atom. The summed E-state index contributed by atoms with van der Waals surface area (Å²) in [6, 6.07) is 14.6. The lowest BCUT2D eigenvalue weighted by molar-refractivity contribution is 0.0594. The number of amides is 1. The van der Waals surface area contributed by atoms with E-state index in [2.05, 4.69) is 15.4 Å². The molecule has 152 valence electrons. The summed E-state index contributed by atoms with van der Waals surface area (Å²) in [5, 5.41) is 7.65. The lowest BCUT2D eigenvalue weighted by Gasteiger charge is -2.15. The van der Waals surface area contributed by atoms with Gasteiger partial charge in [0.1, 0.15) is 0 Å². The molecule has 0 spiro atoms. The number of pyridine rings is 1. The SMILES string of the molecule is COC(=O)c1nc(OC)ccc1NC(=O)c1ccc(Cn2cc[nH]2)c2ccccc12. The second-order valence-electron chi connectivity index (χ2n) is 6.59. The van der Waals surface area contributed by atoms with Gasteiger partial charge in [-0.1, -0.05) is 30.3 Å². The molecular formula is C22H20N4O4. The summed E-state index contributed by atoms with van der Waals surface area (Å²) < 4.78 is 11.8. The van der Waals surface area contributed by atoms with E-state index in [9.17, 15) is 9.59 Å². The lowest BCUT2D eigenvalue weighted by atomic mass is 9.99. The van der Waals surface area contributed by atoms with Crippen molar-refractivity contribution in [3.8, 4) is 5.88 Å². The number of esters is 1. The van der Waals surface area contributed by atoms with Crippen LogP contribution in [0, 0.1) is 0 Å². The van der Waals surface area contributed by atoms with Crippen molar-refractivity contribution in [3.05, 3.63) is 77.7 Å². The summed E-state index contributed by atoms with van der Waals surface area (Å²) in [5.41, 5.74) is 1.80. The molecule has 2 heterocycles. The highest BCUT2D eigenvalue weighted by molar-refractivity contribution is 6.14. The van der Waals surface area contributed by atoms with Crippen LogP contribution in [0.2, 0.25) is 0 Å². The van der Waals surface area contributed by atoms with Crippen LogP contribution in [-0.2, 0) is 11.3 Å². The van der Waals surface area contributed by atoms with Crippen LogP contribution in [-0.4, -0.2) is 40.9 Å². The fourth-order valence-corrected chi connectivity index (χ4v) is 3.26. The van der Waals surface area contributed by atoms with Gasteiger partial charge >= 0.3 is 5.97 Å². The number of nitrogens with zero attached hydrogens (tertiary/aromatic N) is 2. The van der Waals surface area contributed by atoms with Crippen molar-refractivity contribution in [2.45, 2.75) is 6.54 Å². The molecule has 0 fully saturated rings. The van der Waals surface area contributed by atoms with E-state index in [4.69, 9.17) is 9.47 Å². The predicted molar refractivity (Wildman–Crippen MR) is 112 cm³/mol. The number of nitrogens with one attached hydrogen (secondary N) is 2. The number of carbonyl (C=O) groups is 2. The molecule has 4 aromatic rings. The number of benzene rings is 2. The fourth-order valence-electron chi connectivity index (χ4n) is 3.26. The zero-order chi connectivity index (χ0) is 21.1. The molecule has 0 aliphatic carbocycles. The van der Waals surface area contributed by atoms with Gasteiger partial charge in [-0.3, -0.25) is 9.48 Å². The summed E-state index contributed by atoms with van der Waals surface area (Å²) in [6.45, 7) is 0.674. The van der Waals surface area contributed by atoms with Crippen molar-refractivity contribution in [2.24, 2.45) is 0 Å². The van der Waals surface area contributed by atoms with Crippen molar-refractivity contribution in [2.75, 3.05) is 19.5 Å². The minimum atomic E-state index is -0.667. The molecule has 2 aromatic carbocycles. The van der Waals surface area contributed by atoms with Gasteiger partial charge in [0.15, 0.2) is 5.69 Å². The molecule has 0 aliphatic rings. The second-order valence-corrected chi connectivity index (χ2v) is 6.59. The molecule has 0 atom stereocenters. The number of carbonyl (C=O) groups excluding carboxylic acids is 2. The van der Waals surface area contributed by atoms with Gasteiger partial charge in [-0.25, -0.2) is 9.78 Å². The van der Waals surface area contributed by atoms with Crippen LogP contribution in [0.3, 0.4) is 0 Å². The first kappa shape index (κ1) is 19.3. The number of hydrogen-bond donors (Lipinski definition) is 2. The molecule has 0 bridgehead atoms. The second kappa shape index (κ2) is 8.12. The van der Waals surface area contributed by atoms with Gasteiger partial charge in [0.25, 0.3) is 5.91 Å². The minimum absolute atomic E-state index is 0.0261. The highest BCUT2D eigenvalue weighted by Crippen LogP contribution is 2.26. The maximum Gasteiger partial charge on any atom is 0.358 e. The van der Waals surface area contributed by atoms with Crippen molar-refractivity contribution in [1.82, 2.24) is 14.8 Å². The highest BCUT2D eigenvalue weighted by atomic mass is 16.5. The molecule has 0 radical (unpaired) electrons. The Morgan fingerprint density at radius 2 is 1.83 bits per heavy atom. The maximum atomic E-state index is 13.1. The number of fused-ring (bicyclic) bond motifs is 1. The third-order valence-corrected chi connectivity index (χ3v) is 4.80. The molecule has 30 heavy (non-hydrogen) atoms. The Bertz CT molecular complexity index is 1220. The number of methoxy groups -OCH3 is 2. The van der Waals surface area contributed by atoms with E-state index in [1.54, 1.807) is 18.2 Å². The van der Waals surface area contributed by atoms with Gasteiger partial charge < -0.3 is 19.9 Å². The van der Waals surface area contributed by atoms with Crippen molar-refractivity contribution < 1.29 is 19.1 Å². The van der Waals surface area contributed by atoms with Crippen LogP contribution in [0.25, 0.3) is 10.8 Å². The fraction of sp³-hybridized carbons (Fsp3) is 0.136. The van der Waals surface area contributed by atoms with Crippen LogP contribution < -0.4 is 10.1 Å². The normalized spacial score (nSPS) is 10.7. The summed E-state index contributed by atoms with van der Waals surface area (Å²) in [4.78, 5) is 29.3. The molecule has 0 unspecified atom stereocenters. The van der Waals surface area contributed by atoms with E-state index in [1.165, 1.54) is 14.2 Å². The number of aromatic nitrogens is 3. The molecule has 0 saturated carbocycles. The van der Waals surface area contributed by atoms with Crippen molar-refractivity contribution in [3.63, 3.8) is 0 Å². The standard InChI is InChI=1S/C22H20N4O4/c1-29-19-10-9-18(20(25-19)22(28)30-2)24-21(27)17-8-7-14(13-26-12-11-23-26)15-5-3-4-6-16(15)17/h3-12,23H,13H2,1-2H3,(H,24,27). The Hall–Kier alpha value is -4.07. The maximum absolute atomic E-state index is 13.1. The molecule has 4 rings (SSSR count). The van der Waals surface area contributed by atoms with Gasteiger partial charge in [0.2, 0.25) is 5.88 Å². The number of ether oxygens (including phenoxy) is 2. The van der Waals surface area contributed by atoms with E-state index in [0.29, 0.717) is 12.1 Å². The van der Waals surface area contributed by atoms with Crippen LogP contribution in [0.1, 0.15) is 26.4 Å². The average Bonchev–Trinajstić information content (AvgIpc) is 2.75. The topological polar surface area (TPSA) is 98.2 Å². The van der Waals surface area contributed by atoms with E-state index >= 15 is 0 Å². The van der Waals surface area contributed by atoms with Gasteiger partial charge in [-0.05, 0) is 28.5 Å². The van der Waals surface area contributed by atoms with Crippen molar-refractivity contribution >= 4 is 28.3 Å². The molecule has 8 heteroatoms. The molecule has 8 nitrogen and oxygen atoms in total. The van der Waals surface area contributed by atoms with Gasteiger partial charge in [-0.15, -0.1) is 0 Å². The minimum Gasteiger partial charge on any atom is -0.481 e. The first-order valence-corrected chi connectivity index (χ1v) is 9.25. The molecule has 0 saturated heterocycles. The molecule has 2 aromatic heterocycles. The molecule has 0 aliphatic heterocycles. The highest BCUT2D eigenvalue weighted by Gasteiger charge is 2.19. The number of aromatic amines is 1. The first-order chi connectivity index (χ1) is 14.6. The quantitative estimate of drug-likeness (QED) is 0.480. The van der Waals surface area contributed by atoms with E-state index in [1.807, 2.05) is 47.4 Å². The summed E-state index contributed by atoms with van der Waals surface area (Å²) in [5.74, 6) is -0.770. The smallest absolute Gasteiger partial charge is 0.358 e. The van der Waals surface area contributed by atoms with Crippen LogP contribution in [0.15, 0.2) is 60.9 Å². The monoisotopic (exact) mass is 404 g/mol. The largest absolute Gasteiger partial charge is 0.481 e. The lowest BCUT2D eigenvalue weighted by Crippen LogP contribution is -2.17. The zero-order valence-corrected chi connectivity index (χ0v) is 16.5. The van der Waals surface area contributed by atoms with E-state index < -0.39 is 5.97 Å². The summed E-state index contributed by atoms with van der Waals surface area (Å²) in [7, 11) is 2.70. The van der Waals surface area contributed by atoms with Gasteiger partial charge in [-0.2, -0.15) is 0 Å². The molecular weight excluding hydrogens is 384 g/mol. The summed E-state index contributed by atoms with van der Waals surface area (Å²) >= 11 is 0. The van der Waals surface area contributed by atoms with Crippen LogP contribution in [0.5, 0.6) is 5.88 Å². The number of hydrogen-bond acceptors (Lipinski definition) is 5. The number of anilines is 1. The first-order valence-electron chi connectivity index (χ1n) is 9.25. The third kappa shape index (κ3) is 3.62. The van der Waals surface area contributed by atoms with Crippen molar-refractivity contribution in [1.29, 1.82) is 0 Å². The average molecular weight is 404 g/mol. The Balaban J connectivity index is 1.70. The number of rotatable bonds is 6. The van der Waals surface area contributed by atoms with E-state index in [0.717, 1.165) is 16.3 Å². The third-order valence-electron chi connectivity index (χ3n) is 4.80. The predicted octanol–water partition coefficient (Wildman–Crippen LogP) is 3.46. The Labute approximate surface area is 172 Å². The van der Waals surface area contributed by atoms with E-state index in [-0.39, 0.29) is 23.2 Å². The van der Waals surface area contributed by atoms with Gasteiger partial charge in [0.05, 0.1) is 26.5 Å². The zero-order valence-electron chi connectivity index (χ0n) is 16.5. The number of H-pyrrole nitrogens is 1. The Morgan fingerprint density at radius 1 is 1.07 bits per heavy atom.